The van der Waals surface area contributed by atoms with Crippen molar-refractivity contribution in [2.24, 2.45) is 29.6 Å². The molecule has 0 amide bonds. The number of hydrogen-bond donors (Lipinski definition) is 2. The highest BCUT2D eigenvalue weighted by atomic mass is 16.5. The van der Waals surface area contributed by atoms with Crippen molar-refractivity contribution in [3.8, 4) is 0 Å². The fourth-order valence-corrected chi connectivity index (χ4v) is 4.63. The molecular weight excluding hydrogens is 480 g/mol. The Morgan fingerprint density at radius 2 is 1.68 bits per heavy atom. The van der Waals surface area contributed by atoms with Gasteiger partial charge in [-0.2, -0.15) is 0 Å². The van der Waals surface area contributed by atoms with Crippen LogP contribution in [0, 0.1) is 29.6 Å². The molecule has 0 aromatic carbocycles. The summed E-state index contributed by atoms with van der Waals surface area (Å²) in [5, 5.41) is 19.5. The number of carbonyl (C=O) groups excluding carboxylic acids is 2. The summed E-state index contributed by atoms with van der Waals surface area (Å²) < 4.78 is 5.34. The zero-order valence-corrected chi connectivity index (χ0v) is 24.2. The fourth-order valence-electron chi connectivity index (χ4n) is 4.63. The Morgan fingerprint density at radius 1 is 1.05 bits per heavy atom. The van der Waals surface area contributed by atoms with Gasteiger partial charge in [0, 0.05) is 29.9 Å². The summed E-state index contributed by atoms with van der Waals surface area (Å²) in [7, 11) is 0. The minimum Gasteiger partial charge on any atom is -0.478 e. The lowest BCUT2D eigenvalue weighted by molar-refractivity contribution is -0.143. The molecule has 0 unspecified atom stereocenters. The Bertz CT molecular complexity index is 1010. The molecule has 210 valence electrons. The van der Waals surface area contributed by atoms with Crippen LogP contribution in [-0.4, -0.2) is 40.1 Å². The van der Waals surface area contributed by atoms with Gasteiger partial charge in [0.05, 0.1) is 6.10 Å². The smallest absolute Gasteiger partial charge is 0.331 e. The molecule has 0 saturated heterocycles. The zero-order chi connectivity index (χ0) is 29.0. The van der Waals surface area contributed by atoms with E-state index in [9.17, 15) is 19.5 Å². The van der Waals surface area contributed by atoms with E-state index in [0.717, 1.165) is 23.6 Å². The van der Waals surface area contributed by atoms with E-state index in [0.29, 0.717) is 17.9 Å². The number of aliphatic hydroxyl groups excluding tert-OH is 1. The molecule has 0 radical (unpaired) electrons. The quantitative estimate of drug-likeness (QED) is 0.154. The van der Waals surface area contributed by atoms with Crippen LogP contribution in [0.3, 0.4) is 0 Å². The first-order chi connectivity index (χ1) is 17.7. The Hall–Kier alpha value is -2.99. The number of hydrogen-bond acceptors (Lipinski definition) is 5. The number of allylic oxidation sites excluding steroid dienone is 8. The van der Waals surface area contributed by atoms with Crippen molar-refractivity contribution in [1.82, 2.24) is 0 Å². The molecule has 0 saturated carbocycles. The number of Topliss-reactive ketones (excluding diaryl/α,β-unsaturated/α-hetero) is 1. The van der Waals surface area contributed by atoms with E-state index < -0.39 is 18.0 Å². The molecule has 0 spiro atoms. The van der Waals surface area contributed by atoms with Crippen LogP contribution < -0.4 is 0 Å². The first kappa shape index (κ1) is 33.0. The van der Waals surface area contributed by atoms with Crippen LogP contribution >= 0.6 is 0 Å². The molecule has 0 aromatic rings. The van der Waals surface area contributed by atoms with Gasteiger partial charge in [0.2, 0.25) is 0 Å². The number of carbonyl (C=O) groups is 3. The normalized spacial score (nSPS) is 23.3. The zero-order valence-electron chi connectivity index (χ0n) is 24.2. The standard InChI is InChI=1S/C32H46O6/c1-20(16-22(3)12-14-28-24(5)13-15-30(35)38-28)10-9-11-21(2)17-25(6)31(36)27(8)32(37)26(7)18-23(4)19-29(33)34/h9,11-17,19-20,24-28,32,37H,10,18H2,1-8H3,(H,33,34)/b11-9+,14-12+,21-17+,22-16+,23-19+/t20-,24+,25+,26-,27+,28+,32+/m1/s1. The molecule has 6 heteroatoms. The topological polar surface area (TPSA) is 101 Å². The van der Waals surface area contributed by atoms with Crippen LogP contribution in [0.2, 0.25) is 0 Å². The van der Waals surface area contributed by atoms with Crippen molar-refractivity contribution in [1.29, 1.82) is 0 Å². The van der Waals surface area contributed by atoms with Gasteiger partial charge in [-0.3, -0.25) is 4.79 Å². The highest BCUT2D eigenvalue weighted by Gasteiger charge is 2.29. The number of rotatable bonds is 14. The van der Waals surface area contributed by atoms with Crippen LogP contribution in [0.5, 0.6) is 0 Å². The molecule has 6 nitrogen and oxygen atoms in total. The average molecular weight is 527 g/mol. The number of esters is 1. The van der Waals surface area contributed by atoms with Crippen LogP contribution in [0.4, 0.5) is 0 Å². The van der Waals surface area contributed by atoms with Crippen molar-refractivity contribution in [2.45, 2.75) is 80.4 Å². The number of aliphatic hydroxyl groups is 1. The number of ether oxygens (including phenoxy) is 1. The molecule has 2 N–H and O–H groups in total. The third kappa shape index (κ3) is 12.0. The molecular formula is C32H46O6. The molecule has 0 fully saturated rings. The largest absolute Gasteiger partial charge is 0.478 e. The van der Waals surface area contributed by atoms with E-state index in [1.54, 1.807) is 13.8 Å². The Labute approximate surface area is 228 Å². The summed E-state index contributed by atoms with van der Waals surface area (Å²) in [6, 6.07) is 0. The van der Waals surface area contributed by atoms with Crippen molar-refractivity contribution >= 4 is 17.7 Å². The predicted molar refractivity (Wildman–Crippen MR) is 152 cm³/mol. The summed E-state index contributed by atoms with van der Waals surface area (Å²) >= 11 is 0. The molecule has 1 rings (SSSR count). The van der Waals surface area contributed by atoms with Crippen molar-refractivity contribution < 1.29 is 29.3 Å². The van der Waals surface area contributed by atoms with Crippen molar-refractivity contribution in [3.63, 3.8) is 0 Å². The molecule has 1 aliphatic rings. The maximum Gasteiger partial charge on any atom is 0.331 e. The maximum absolute atomic E-state index is 12.9. The van der Waals surface area contributed by atoms with Crippen LogP contribution in [0.15, 0.2) is 71.4 Å². The third-order valence-electron chi connectivity index (χ3n) is 6.81. The van der Waals surface area contributed by atoms with Gasteiger partial charge in [-0.15, -0.1) is 0 Å². The predicted octanol–water partition coefficient (Wildman–Crippen LogP) is 6.39. The lowest BCUT2D eigenvalue weighted by atomic mass is 9.83. The second-order valence-electron chi connectivity index (χ2n) is 10.9. The van der Waals surface area contributed by atoms with E-state index in [2.05, 4.69) is 19.1 Å². The average Bonchev–Trinajstić information content (AvgIpc) is 2.82. The van der Waals surface area contributed by atoms with E-state index >= 15 is 0 Å². The summed E-state index contributed by atoms with van der Waals surface area (Å²) in [4.78, 5) is 35.2. The molecule has 0 bridgehead atoms. The van der Waals surface area contributed by atoms with E-state index in [4.69, 9.17) is 9.84 Å². The second-order valence-corrected chi connectivity index (χ2v) is 10.9. The first-order valence-corrected chi connectivity index (χ1v) is 13.4. The number of aliphatic carboxylic acids is 1. The number of ketones is 1. The second kappa shape index (κ2) is 16.1. The summed E-state index contributed by atoms with van der Waals surface area (Å²) in [6.45, 7) is 15.3. The van der Waals surface area contributed by atoms with Gasteiger partial charge < -0.3 is 14.9 Å². The monoisotopic (exact) mass is 526 g/mol. The molecule has 38 heavy (non-hydrogen) atoms. The lowest BCUT2D eigenvalue weighted by Gasteiger charge is -2.25. The summed E-state index contributed by atoms with van der Waals surface area (Å²) in [5.74, 6) is -2.02. The Balaban J connectivity index is 2.63. The van der Waals surface area contributed by atoms with Crippen LogP contribution in [0.25, 0.3) is 0 Å². The SMILES string of the molecule is CC(/C=C/[C@@H]1OC(=O)C=C[C@@H]1C)=C\[C@H](C)C/C=C/C(C)=C/[C@H](C)C(=O)[C@H](C)[C@@H](O)[C@H](C)C/C(C)=C/C(=O)O. The van der Waals surface area contributed by atoms with Gasteiger partial charge in [-0.1, -0.05) is 87.8 Å². The summed E-state index contributed by atoms with van der Waals surface area (Å²) in [5.41, 5.74) is 2.75. The van der Waals surface area contributed by atoms with E-state index in [1.807, 2.05) is 65.0 Å². The summed E-state index contributed by atoms with van der Waals surface area (Å²) in [6.07, 6.45) is 16.8. The minimum absolute atomic E-state index is 0.0378. The van der Waals surface area contributed by atoms with E-state index in [1.165, 1.54) is 6.08 Å². The molecule has 0 aliphatic carbocycles. The van der Waals surface area contributed by atoms with Gasteiger partial charge in [-0.25, -0.2) is 9.59 Å². The molecule has 0 aromatic heterocycles. The van der Waals surface area contributed by atoms with Gasteiger partial charge in [0.15, 0.2) is 0 Å². The highest BCUT2D eigenvalue weighted by molar-refractivity contribution is 5.85. The fraction of sp³-hybridized carbons (Fsp3) is 0.531. The van der Waals surface area contributed by atoms with Gasteiger partial charge in [0.1, 0.15) is 11.9 Å². The lowest BCUT2D eigenvalue weighted by Crippen LogP contribution is -2.34. The number of cyclic esters (lactones) is 1. The van der Waals surface area contributed by atoms with E-state index in [-0.39, 0.29) is 35.6 Å². The van der Waals surface area contributed by atoms with Crippen LogP contribution in [-0.2, 0) is 19.1 Å². The van der Waals surface area contributed by atoms with Gasteiger partial charge >= 0.3 is 11.9 Å². The van der Waals surface area contributed by atoms with Gasteiger partial charge in [-0.05, 0) is 51.5 Å². The maximum atomic E-state index is 12.9. The van der Waals surface area contributed by atoms with Crippen LogP contribution in [0.1, 0.15) is 68.2 Å². The first-order valence-electron chi connectivity index (χ1n) is 13.4. The molecule has 1 heterocycles. The Morgan fingerprint density at radius 3 is 2.32 bits per heavy atom. The Kier molecular flexibility index (Phi) is 14.0. The number of carboxylic acids is 1. The minimum atomic E-state index is -1.01. The highest BCUT2D eigenvalue weighted by Crippen LogP contribution is 2.24. The van der Waals surface area contributed by atoms with Gasteiger partial charge in [0.25, 0.3) is 0 Å². The van der Waals surface area contributed by atoms with Crippen molar-refractivity contribution in [2.75, 3.05) is 0 Å². The molecule has 1 aliphatic heterocycles. The van der Waals surface area contributed by atoms with Crippen molar-refractivity contribution in [3.05, 3.63) is 71.4 Å². The third-order valence-corrected chi connectivity index (χ3v) is 6.81. The molecule has 7 atom stereocenters. The number of carboxylic acid groups (broad SMARTS) is 1.